The highest BCUT2D eigenvalue weighted by Gasteiger charge is 2.39. The molecular weight excluding hydrogens is 469 g/mol. The van der Waals surface area contributed by atoms with Gasteiger partial charge in [0.1, 0.15) is 5.37 Å². The second-order valence-electron chi connectivity index (χ2n) is 6.85. The van der Waals surface area contributed by atoms with E-state index in [2.05, 4.69) is 5.43 Å². The Morgan fingerprint density at radius 3 is 2.33 bits per heavy atom. The average Bonchev–Trinajstić information content (AvgIpc) is 2.95. The summed E-state index contributed by atoms with van der Waals surface area (Å²) < 4.78 is 5.45. The molecule has 0 aliphatic carbocycles. The second kappa shape index (κ2) is 9.56. The summed E-state index contributed by atoms with van der Waals surface area (Å²) in [6.07, 6.45) is 0. The molecule has 10 heteroatoms. The maximum Gasteiger partial charge on any atom is 0.276 e. The number of ether oxygens (including phenoxy) is 1. The first-order valence-corrected chi connectivity index (χ1v) is 11.1. The average molecular weight is 489 g/mol. The van der Waals surface area contributed by atoms with Crippen LogP contribution in [0.25, 0.3) is 0 Å². The normalized spacial score (nSPS) is 18.5. The molecule has 2 unspecified atom stereocenters. The Balaban J connectivity index is 1.70. The number of nitrogens with one attached hydrogen (secondary N) is 1. The summed E-state index contributed by atoms with van der Waals surface area (Å²) in [7, 11) is 3.91. The summed E-state index contributed by atoms with van der Waals surface area (Å²) in [4.78, 5) is 27.1. The zero-order chi connectivity index (χ0) is 22.0. The molecule has 2 amide bonds. The number of carbonyl (C=O) groups is 2. The molecule has 160 valence electrons. The van der Waals surface area contributed by atoms with Crippen molar-refractivity contribution in [2.45, 2.75) is 17.5 Å². The van der Waals surface area contributed by atoms with E-state index in [0.717, 1.165) is 11.3 Å². The van der Waals surface area contributed by atoms with Gasteiger partial charge in [-0.2, -0.15) is 0 Å². The fourth-order valence-electron chi connectivity index (χ4n) is 2.87. The molecule has 3 rings (SSSR count). The summed E-state index contributed by atoms with van der Waals surface area (Å²) in [5.41, 5.74) is 4.60. The number of hydrazine groups is 1. The molecule has 1 aliphatic rings. The maximum absolute atomic E-state index is 12.6. The van der Waals surface area contributed by atoms with Gasteiger partial charge in [-0.1, -0.05) is 46.9 Å². The van der Waals surface area contributed by atoms with Crippen LogP contribution in [0.4, 0.5) is 5.69 Å². The van der Waals surface area contributed by atoms with Crippen LogP contribution < -0.4 is 15.1 Å². The summed E-state index contributed by atoms with van der Waals surface area (Å²) >= 11 is 19.5. The SMILES string of the molecule is CC1SC(c2ccc(N(C)C)cc2)N(NC(=O)COc2c(Cl)cc(Cl)cc2Cl)C1=O. The minimum absolute atomic E-state index is 0.157. The van der Waals surface area contributed by atoms with Gasteiger partial charge in [-0.3, -0.25) is 15.0 Å². The van der Waals surface area contributed by atoms with Gasteiger partial charge in [0.25, 0.3) is 11.8 Å². The van der Waals surface area contributed by atoms with Crippen LogP contribution in [-0.4, -0.2) is 42.8 Å². The minimum atomic E-state index is -0.505. The molecular formula is C20H20Cl3N3O3S. The summed E-state index contributed by atoms with van der Waals surface area (Å²) in [6, 6.07) is 10.8. The molecule has 0 saturated carbocycles. The lowest BCUT2D eigenvalue weighted by Crippen LogP contribution is -2.47. The molecule has 30 heavy (non-hydrogen) atoms. The fourth-order valence-corrected chi connectivity index (χ4v) is 5.01. The number of amides is 2. The van der Waals surface area contributed by atoms with Crippen LogP contribution in [-0.2, 0) is 9.59 Å². The highest BCUT2D eigenvalue weighted by atomic mass is 35.5. The van der Waals surface area contributed by atoms with Gasteiger partial charge in [0.15, 0.2) is 12.4 Å². The number of thioether (sulfide) groups is 1. The molecule has 0 bridgehead atoms. The number of nitrogens with zero attached hydrogens (tertiary/aromatic N) is 2. The predicted octanol–water partition coefficient (Wildman–Crippen LogP) is 4.79. The molecule has 1 aliphatic heterocycles. The molecule has 0 aromatic heterocycles. The zero-order valence-corrected chi connectivity index (χ0v) is 19.6. The van der Waals surface area contributed by atoms with Gasteiger partial charge in [0.05, 0.1) is 15.3 Å². The lowest BCUT2D eigenvalue weighted by atomic mass is 10.2. The Hall–Kier alpha value is -1.80. The van der Waals surface area contributed by atoms with Crippen LogP contribution in [0, 0.1) is 0 Å². The summed E-state index contributed by atoms with van der Waals surface area (Å²) in [5.74, 6) is -0.531. The van der Waals surface area contributed by atoms with Crippen molar-refractivity contribution in [3.05, 3.63) is 57.0 Å². The monoisotopic (exact) mass is 487 g/mol. The van der Waals surface area contributed by atoms with Crippen LogP contribution in [0.15, 0.2) is 36.4 Å². The van der Waals surface area contributed by atoms with Gasteiger partial charge < -0.3 is 9.64 Å². The third kappa shape index (κ3) is 5.09. The van der Waals surface area contributed by atoms with Crippen molar-refractivity contribution in [2.75, 3.05) is 25.6 Å². The molecule has 2 atom stereocenters. The smallest absolute Gasteiger partial charge is 0.276 e. The number of hydrogen-bond acceptors (Lipinski definition) is 5. The fraction of sp³-hybridized carbons (Fsp3) is 0.300. The van der Waals surface area contributed by atoms with Crippen LogP contribution in [0.2, 0.25) is 15.1 Å². The molecule has 2 aromatic carbocycles. The Morgan fingerprint density at radius 1 is 1.17 bits per heavy atom. The van der Waals surface area contributed by atoms with Crippen molar-refractivity contribution in [1.29, 1.82) is 0 Å². The summed E-state index contributed by atoms with van der Waals surface area (Å²) in [6.45, 7) is 1.44. The van der Waals surface area contributed by atoms with Crippen LogP contribution in [0.5, 0.6) is 5.75 Å². The zero-order valence-electron chi connectivity index (χ0n) is 16.5. The van der Waals surface area contributed by atoms with Crippen LogP contribution in [0.3, 0.4) is 0 Å². The van der Waals surface area contributed by atoms with E-state index in [9.17, 15) is 9.59 Å². The first-order chi connectivity index (χ1) is 14.2. The molecule has 1 fully saturated rings. The van der Waals surface area contributed by atoms with E-state index >= 15 is 0 Å². The van der Waals surface area contributed by atoms with Gasteiger partial charge >= 0.3 is 0 Å². The quantitative estimate of drug-likeness (QED) is 0.634. The van der Waals surface area contributed by atoms with Gasteiger partial charge in [-0.15, -0.1) is 11.8 Å². The largest absolute Gasteiger partial charge is 0.481 e. The van der Waals surface area contributed by atoms with E-state index in [0.29, 0.717) is 5.02 Å². The molecule has 0 spiro atoms. The van der Waals surface area contributed by atoms with E-state index < -0.39 is 5.91 Å². The van der Waals surface area contributed by atoms with E-state index in [1.165, 1.54) is 28.9 Å². The highest BCUT2D eigenvalue weighted by molar-refractivity contribution is 8.01. The van der Waals surface area contributed by atoms with Crippen molar-refractivity contribution in [3.8, 4) is 5.75 Å². The lowest BCUT2D eigenvalue weighted by Gasteiger charge is -2.25. The van der Waals surface area contributed by atoms with Crippen LogP contribution >= 0.6 is 46.6 Å². The Kier molecular flexibility index (Phi) is 7.29. The highest BCUT2D eigenvalue weighted by Crippen LogP contribution is 2.42. The first kappa shape index (κ1) is 22.9. The molecule has 0 radical (unpaired) electrons. The number of anilines is 1. The molecule has 1 saturated heterocycles. The number of halogens is 3. The van der Waals surface area contributed by atoms with E-state index in [4.69, 9.17) is 39.5 Å². The third-order valence-corrected chi connectivity index (χ3v) is 6.53. The number of carbonyl (C=O) groups excluding carboxylic acids is 2. The van der Waals surface area contributed by atoms with Crippen molar-refractivity contribution in [3.63, 3.8) is 0 Å². The number of rotatable bonds is 6. The first-order valence-electron chi connectivity index (χ1n) is 9.00. The lowest BCUT2D eigenvalue weighted by molar-refractivity contribution is -0.141. The predicted molar refractivity (Wildman–Crippen MR) is 123 cm³/mol. The maximum atomic E-state index is 12.6. The Bertz CT molecular complexity index is 933. The van der Waals surface area contributed by atoms with E-state index in [1.54, 1.807) is 0 Å². The second-order valence-corrected chi connectivity index (χ2v) is 9.52. The van der Waals surface area contributed by atoms with Crippen molar-refractivity contribution in [2.24, 2.45) is 0 Å². The van der Waals surface area contributed by atoms with E-state index in [1.807, 2.05) is 50.2 Å². The summed E-state index contributed by atoms with van der Waals surface area (Å²) in [5, 5.41) is 1.47. The Labute approximate surface area is 194 Å². The van der Waals surface area contributed by atoms with Gasteiger partial charge in [-0.25, -0.2) is 5.01 Å². The van der Waals surface area contributed by atoms with Gasteiger partial charge in [0.2, 0.25) is 0 Å². The minimum Gasteiger partial charge on any atom is -0.481 e. The molecule has 2 aromatic rings. The van der Waals surface area contributed by atoms with Gasteiger partial charge in [-0.05, 0) is 36.8 Å². The standard InChI is InChI=1S/C20H20Cl3N3O3S/c1-11-19(28)26(20(30-11)12-4-6-14(7-5-12)25(2)3)24-17(27)10-29-18-15(22)8-13(21)9-16(18)23/h4-9,11,20H,10H2,1-3H3,(H,24,27). The number of hydrogen-bond donors (Lipinski definition) is 1. The molecule has 1 heterocycles. The molecule has 1 N–H and O–H groups in total. The Morgan fingerprint density at radius 2 is 1.77 bits per heavy atom. The number of benzene rings is 2. The third-order valence-electron chi connectivity index (χ3n) is 4.40. The van der Waals surface area contributed by atoms with Gasteiger partial charge in [0, 0.05) is 24.8 Å². The van der Waals surface area contributed by atoms with Crippen molar-refractivity contribution < 1.29 is 14.3 Å². The van der Waals surface area contributed by atoms with Crippen LogP contribution in [0.1, 0.15) is 17.9 Å². The van der Waals surface area contributed by atoms with Crippen molar-refractivity contribution in [1.82, 2.24) is 10.4 Å². The molecule has 6 nitrogen and oxygen atoms in total. The van der Waals surface area contributed by atoms with Crippen molar-refractivity contribution >= 4 is 64.1 Å². The topological polar surface area (TPSA) is 61.9 Å². The van der Waals surface area contributed by atoms with E-state index in [-0.39, 0.29) is 38.9 Å².